The molecule has 1 unspecified atom stereocenters. The molecule has 0 bridgehead atoms. The first-order valence-electron chi connectivity index (χ1n) is 6.63. The first-order chi connectivity index (χ1) is 8.51. The number of ether oxygens (including phenoxy) is 2. The number of benzene rings is 1. The molecular weight excluding hydrogens is 226 g/mol. The van der Waals surface area contributed by atoms with Gasteiger partial charge < -0.3 is 15.2 Å². The predicted octanol–water partition coefficient (Wildman–Crippen LogP) is 3.23. The molecule has 1 aromatic rings. The van der Waals surface area contributed by atoms with Crippen LogP contribution in [0.15, 0.2) is 24.3 Å². The zero-order valence-corrected chi connectivity index (χ0v) is 11.9. The van der Waals surface area contributed by atoms with Crippen LogP contribution in [0.3, 0.4) is 0 Å². The van der Waals surface area contributed by atoms with Gasteiger partial charge in [-0.25, -0.2) is 0 Å². The van der Waals surface area contributed by atoms with Crippen LogP contribution in [-0.4, -0.2) is 18.8 Å². The Kier molecular flexibility index (Phi) is 5.48. The lowest BCUT2D eigenvalue weighted by molar-refractivity contribution is 0.0492. The predicted molar refractivity (Wildman–Crippen MR) is 75.2 cm³/mol. The lowest BCUT2D eigenvalue weighted by atomic mass is 9.92. The fourth-order valence-corrected chi connectivity index (χ4v) is 1.51. The zero-order valence-electron chi connectivity index (χ0n) is 11.9. The van der Waals surface area contributed by atoms with Crippen LogP contribution in [0.1, 0.15) is 34.1 Å². The summed E-state index contributed by atoms with van der Waals surface area (Å²) in [4.78, 5) is 0. The van der Waals surface area contributed by atoms with E-state index in [0.29, 0.717) is 12.5 Å². The van der Waals surface area contributed by atoms with E-state index in [9.17, 15) is 0 Å². The monoisotopic (exact) mass is 251 g/mol. The molecule has 0 aliphatic carbocycles. The van der Waals surface area contributed by atoms with Gasteiger partial charge in [0.1, 0.15) is 17.1 Å². The molecule has 0 aromatic heterocycles. The van der Waals surface area contributed by atoms with Crippen molar-refractivity contribution in [2.45, 2.75) is 39.7 Å². The van der Waals surface area contributed by atoms with Crippen molar-refractivity contribution in [3.05, 3.63) is 24.3 Å². The van der Waals surface area contributed by atoms with Crippen molar-refractivity contribution >= 4 is 0 Å². The van der Waals surface area contributed by atoms with Crippen LogP contribution in [0.4, 0.5) is 0 Å². The summed E-state index contributed by atoms with van der Waals surface area (Å²) in [6.45, 7) is 9.57. The number of hydrogen-bond acceptors (Lipinski definition) is 3. The average Bonchev–Trinajstić information content (AvgIpc) is 2.36. The minimum atomic E-state index is -0.344. The average molecular weight is 251 g/mol. The lowest BCUT2D eigenvalue weighted by Gasteiger charge is -2.33. The molecule has 0 spiro atoms. The molecule has 0 heterocycles. The quantitative estimate of drug-likeness (QED) is 0.809. The third kappa shape index (κ3) is 3.91. The molecule has 1 rings (SSSR count). The first kappa shape index (κ1) is 14.8. The molecule has 0 saturated heterocycles. The van der Waals surface area contributed by atoms with Gasteiger partial charge in [0.2, 0.25) is 0 Å². The van der Waals surface area contributed by atoms with Gasteiger partial charge in [0.15, 0.2) is 0 Å². The van der Waals surface area contributed by atoms with Crippen LogP contribution in [0.2, 0.25) is 0 Å². The maximum Gasteiger partial charge on any atom is 0.123 e. The van der Waals surface area contributed by atoms with E-state index in [0.717, 1.165) is 24.5 Å². The molecule has 2 N–H and O–H groups in total. The molecule has 18 heavy (non-hydrogen) atoms. The van der Waals surface area contributed by atoms with E-state index in [1.54, 1.807) is 0 Å². The van der Waals surface area contributed by atoms with Crippen molar-refractivity contribution in [3.8, 4) is 11.5 Å². The summed E-state index contributed by atoms with van der Waals surface area (Å²) in [5, 5.41) is 0. The largest absolute Gasteiger partial charge is 0.493 e. The van der Waals surface area contributed by atoms with Gasteiger partial charge in [-0.1, -0.05) is 26.8 Å². The molecule has 1 atom stereocenters. The highest BCUT2D eigenvalue weighted by atomic mass is 16.5. The van der Waals surface area contributed by atoms with Gasteiger partial charge >= 0.3 is 0 Å². The van der Waals surface area contributed by atoms with Gasteiger partial charge in [-0.2, -0.15) is 0 Å². The Morgan fingerprint density at radius 2 is 1.94 bits per heavy atom. The number of hydrogen-bond donors (Lipinski definition) is 1. The Hall–Kier alpha value is -1.22. The highest BCUT2D eigenvalue weighted by molar-refractivity contribution is 5.33. The highest BCUT2D eigenvalue weighted by Gasteiger charge is 2.28. The normalized spacial score (nSPS) is 14.3. The van der Waals surface area contributed by atoms with Gasteiger partial charge in [-0.3, -0.25) is 0 Å². The van der Waals surface area contributed by atoms with Crippen molar-refractivity contribution < 1.29 is 9.47 Å². The molecule has 0 aliphatic heterocycles. The molecule has 102 valence electrons. The van der Waals surface area contributed by atoms with E-state index in [-0.39, 0.29) is 5.60 Å². The molecular formula is C15H25NO2. The third-order valence-corrected chi connectivity index (χ3v) is 3.26. The second-order valence-corrected chi connectivity index (χ2v) is 5.10. The van der Waals surface area contributed by atoms with E-state index >= 15 is 0 Å². The van der Waals surface area contributed by atoms with Gasteiger partial charge in [0.25, 0.3) is 0 Å². The van der Waals surface area contributed by atoms with E-state index in [2.05, 4.69) is 20.8 Å². The topological polar surface area (TPSA) is 44.5 Å². The lowest BCUT2D eigenvalue weighted by Crippen LogP contribution is -2.45. The van der Waals surface area contributed by atoms with E-state index in [1.165, 1.54) is 0 Å². The van der Waals surface area contributed by atoms with Gasteiger partial charge in [-0.05, 0) is 31.4 Å². The molecule has 3 heteroatoms. The van der Waals surface area contributed by atoms with Crippen LogP contribution in [0, 0.1) is 5.92 Å². The second kappa shape index (κ2) is 6.64. The smallest absolute Gasteiger partial charge is 0.123 e. The van der Waals surface area contributed by atoms with Gasteiger partial charge in [0, 0.05) is 12.6 Å². The maximum atomic E-state index is 6.03. The van der Waals surface area contributed by atoms with Crippen molar-refractivity contribution in [1.82, 2.24) is 0 Å². The fraction of sp³-hybridized carbons (Fsp3) is 0.600. The Bertz CT molecular complexity index is 365. The highest BCUT2D eigenvalue weighted by Crippen LogP contribution is 2.27. The maximum absolute atomic E-state index is 6.03. The second-order valence-electron chi connectivity index (χ2n) is 5.10. The Morgan fingerprint density at radius 1 is 1.28 bits per heavy atom. The van der Waals surface area contributed by atoms with E-state index < -0.39 is 0 Å². The van der Waals surface area contributed by atoms with Crippen molar-refractivity contribution in [3.63, 3.8) is 0 Å². The van der Waals surface area contributed by atoms with Crippen molar-refractivity contribution in [2.75, 3.05) is 13.2 Å². The minimum Gasteiger partial charge on any atom is -0.493 e. The molecule has 0 fully saturated rings. The van der Waals surface area contributed by atoms with Crippen LogP contribution < -0.4 is 15.2 Å². The Labute approximate surface area is 110 Å². The molecule has 0 amide bonds. The van der Waals surface area contributed by atoms with E-state index in [4.69, 9.17) is 15.2 Å². The summed E-state index contributed by atoms with van der Waals surface area (Å²) in [6, 6.07) is 7.75. The molecule has 0 aliphatic rings. The molecule has 3 nitrogen and oxygen atoms in total. The fourth-order valence-electron chi connectivity index (χ4n) is 1.51. The van der Waals surface area contributed by atoms with Crippen molar-refractivity contribution in [1.29, 1.82) is 0 Å². The number of nitrogens with two attached hydrogens (primary N) is 1. The standard InChI is InChI=1S/C15H25NO2/c1-5-9-17-13-7-6-8-14(10-13)18-15(4,11-16)12(2)3/h6-8,10,12H,5,9,11,16H2,1-4H3. The Balaban J connectivity index is 2.77. The first-order valence-corrected chi connectivity index (χ1v) is 6.63. The van der Waals surface area contributed by atoms with Crippen molar-refractivity contribution in [2.24, 2.45) is 11.7 Å². The van der Waals surface area contributed by atoms with E-state index in [1.807, 2.05) is 31.2 Å². The summed E-state index contributed by atoms with van der Waals surface area (Å²) in [7, 11) is 0. The summed E-state index contributed by atoms with van der Waals surface area (Å²) in [5.41, 5.74) is 5.47. The number of rotatable bonds is 7. The van der Waals surface area contributed by atoms with Crippen LogP contribution in [0.25, 0.3) is 0 Å². The van der Waals surface area contributed by atoms with Gasteiger partial charge in [-0.15, -0.1) is 0 Å². The van der Waals surface area contributed by atoms with Crippen LogP contribution in [0.5, 0.6) is 11.5 Å². The summed E-state index contributed by atoms with van der Waals surface area (Å²) in [5.74, 6) is 2.01. The van der Waals surface area contributed by atoms with Crippen LogP contribution in [-0.2, 0) is 0 Å². The minimum absolute atomic E-state index is 0.344. The SMILES string of the molecule is CCCOc1cccc(OC(C)(CN)C(C)C)c1. The summed E-state index contributed by atoms with van der Waals surface area (Å²) in [6.07, 6.45) is 0.998. The summed E-state index contributed by atoms with van der Waals surface area (Å²) >= 11 is 0. The Morgan fingerprint density at radius 3 is 2.50 bits per heavy atom. The van der Waals surface area contributed by atoms with Crippen LogP contribution >= 0.6 is 0 Å². The molecule has 0 radical (unpaired) electrons. The molecule has 1 aromatic carbocycles. The summed E-state index contributed by atoms with van der Waals surface area (Å²) < 4.78 is 11.6. The molecule has 0 saturated carbocycles. The third-order valence-electron chi connectivity index (χ3n) is 3.26. The van der Waals surface area contributed by atoms with Gasteiger partial charge in [0.05, 0.1) is 6.61 Å². The zero-order chi connectivity index (χ0) is 13.6.